The van der Waals surface area contributed by atoms with Gasteiger partial charge in [-0.2, -0.15) is 0 Å². The summed E-state index contributed by atoms with van der Waals surface area (Å²) in [5.74, 6) is 0.187. The summed E-state index contributed by atoms with van der Waals surface area (Å²) >= 11 is 1.67. The summed E-state index contributed by atoms with van der Waals surface area (Å²) in [5.41, 5.74) is 2.92. The molecule has 1 saturated carbocycles. The number of thiazole rings is 1. The zero-order valence-electron chi connectivity index (χ0n) is 19.6. The van der Waals surface area contributed by atoms with E-state index in [4.69, 9.17) is 0 Å². The summed E-state index contributed by atoms with van der Waals surface area (Å²) in [6, 6.07) is 17.7. The van der Waals surface area contributed by atoms with Gasteiger partial charge in [-0.15, -0.1) is 11.3 Å². The van der Waals surface area contributed by atoms with Gasteiger partial charge < -0.3 is 15.5 Å². The first kappa shape index (κ1) is 22.3. The molecule has 6 rings (SSSR count). The van der Waals surface area contributed by atoms with Crippen molar-refractivity contribution in [2.75, 3.05) is 11.9 Å². The number of likely N-dealkylation sites (tertiary alicyclic amines) is 1. The van der Waals surface area contributed by atoms with Crippen LogP contribution in [0.25, 0.3) is 0 Å². The number of fused-ring (bicyclic) bond motifs is 3. The molecule has 2 N–H and O–H groups in total. The van der Waals surface area contributed by atoms with Crippen molar-refractivity contribution >= 4 is 28.8 Å². The highest BCUT2D eigenvalue weighted by Gasteiger charge is 2.49. The third-order valence-corrected chi connectivity index (χ3v) is 8.76. The molecule has 1 aromatic heterocycles. The van der Waals surface area contributed by atoms with Crippen LogP contribution in [-0.4, -0.2) is 34.3 Å². The number of carbonyl (C=O) groups excluding carboxylic acids is 2. The van der Waals surface area contributed by atoms with Gasteiger partial charge in [0.25, 0.3) is 5.91 Å². The number of anilines is 1. The first-order chi connectivity index (χ1) is 17.2. The molecular formula is C28H30N4O2S. The van der Waals surface area contributed by atoms with Gasteiger partial charge in [0.2, 0.25) is 5.91 Å². The van der Waals surface area contributed by atoms with E-state index >= 15 is 0 Å². The van der Waals surface area contributed by atoms with Crippen LogP contribution < -0.4 is 10.6 Å². The van der Waals surface area contributed by atoms with Crippen LogP contribution in [-0.2, 0) is 4.79 Å². The van der Waals surface area contributed by atoms with E-state index in [1.807, 2.05) is 48.0 Å². The number of aromatic nitrogens is 1. The molecule has 2 aliphatic heterocycles. The summed E-state index contributed by atoms with van der Waals surface area (Å²) in [6.45, 7) is 0.738. The Morgan fingerprint density at radius 1 is 1.00 bits per heavy atom. The molecule has 3 heterocycles. The quantitative estimate of drug-likeness (QED) is 0.532. The SMILES string of the molecule is O=C(N[C@@H]1CCCC[C@@H]1C(=O)N1CC[C@@H]2[C@H](c3nccs3)Nc3ccccc3[C@@H]21)c1ccccc1. The fourth-order valence-corrected chi connectivity index (χ4v) is 7.02. The predicted octanol–water partition coefficient (Wildman–Crippen LogP) is 5.19. The minimum absolute atomic E-state index is 0.0289. The molecular weight excluding hydrogens is 456 g/mol. The highest BCUT2D eigenvalue weighted by Crippen LogP contribution is 2.52. The fourth-order valence-electron chi connectivity index (χ4n) is 6.26. The van der Waals surface area contributed by atoms with Crippen LogP contribution >= 0.6 is 11.3 Å². The molecule has 0 unspecified atom stereocenters. The van der Waals surface area contributed by atoms with Crippen LogP contribution in [0.1, 0.15) is 65.1 Å². The lowest BCUT2D eigenvalue weighted by atomic mass is 9.81. The van der Waals surface area contributed by atoms with E-state index in [9.17, 15) is 9.59 Å². The molecule has 180 valence electrons. The monoisotopic (exact) mass is 486 g/mol. The molecule has 3 aromatic rings. The van der Waals surface area contributed by atoms with Crippen molar-refractivity contribution in [1.29, 1.82) is 0 Å². The molecule has 1 saturated heterocycles. The molecule has 3 aliphatic rings. The molecule has 2 amide bonds. The van der Waals surface area contributed by atoms with Crippen molar-refractivity contribution in [1.82, 2.24) is 15.2 Å². The first-order valence-corrected chi connectivity index (χ1v) is 13.5. The van der Waals surface area contributed by atoms with Crippen LogP contribution in [0.3, 0.4) is 0 Å². The van der Waals surface area contributed by atoms with Crippen molar-refractivity contribution in [3.05, 3.63) is 82.3 Å². The summed E-state index contributed by atoms with van der Waals surface area (Å²) in [4.78, 5) is 33.8. The minimum Gasteiger partial charge on any atom is -0.375 e. The highest BCUT2D eigenvalue weighted by atomic mass is 32.1. The number of nitrogens with one attached hydrogen (secondary N) is 2. The Balaban J connectivity index is 1.27. The van der Waals surface area contributed by atoms with Crippen LogP contribution in [0.2, 0.25) is 0 Å². The van der Waals surface area contributed by atoms with Crippen LogP contribution in [0.4, 0.5) is 5.69 Å². The molecule has 6 nitrogen and oxygen atoms in total. The van der Waals surface area contributed by atoms with Crippen molar-refractivity contribution in [3.8, 4) is 0 Å². The lowest BCUT2D eigenvalue weighted by Gasteiger charge is -2.41. The maximum absolute atomic E-state index is 14.1. The van der Waals surface area contributed by atoms with Gasteiger partial charge in [-0.25, -0.2) is 4.98 Å². The average molecular weight is 487 g/mol. The Hall–Kier alpha value is -3.19. The molecule has 5 atom stereocenters. The summed E-state index contributed by atoms with van der Waals surface area (Å²) in [6.07, 6.45) is 6.52. The second-order valence-corrected chi connectivity index (χ2v) is 10.8. The number of carbonyl (C=O) groups is 2. The summed E-state index contributed by atoms with van der Waals surface area (Å²) < 4.78 is 0. The van der Waals surface area contributed by atoms with Gasteiger partial charge >= 0.3 is 0 Å². The minimum atomic E-state index is -0.185. The third-order valence-electron chi connectivity index (χ3n) is 7.90. The number of rotatable bonds is 4. The van der Waals surface area contributed by atoms with Gasteiger partial charge in [-0.3, -0.25) is 9.59 Å². The lowest BCUT2D eigenvalue weighted by molar-refractivity contribution is -0.138. The average Bonchev–Trinajstić information content (AvgIpc) is 3.60. The Kier molecular flexibility index (Phi) is 6.02. The number of hydrogen-bond acceptors (Lipinski definition) is 5. The Morgan fingerprint density at radius 3 is 2.63 bits per heavy atom. The van der Waals surface area contributed by atoms with E-state index in [0.717, 1.165) is 49.3 Å². The summed E-state index contributed by atoms with van der Waals surface area (Å²) in [7, 11) is 0. The Labute approximate surface area is 209 Å². The first-order valence-electron chi connectivity index (χ1n) is 12.6. The van der Waals surface area contributed by atoms with E-state index in [0.29, 0.717) is 5.56 Å². The van der Waals surface area contributed by atoms with E-state index in [1.54, 1.807) is 11.3 Å². The predicted molar refractivity (Wildman–Crippen MR) is 137 cm³/mol. The standard InChI is InChI=1S/C28H30N4O2S/c33-26(18-8-2-1-3-9-18)31-23-13-7-5-11-20(23)28(34)32-16-14-21-24(27-29-15-17-35-27)30-22-12-6-4-10-19(22)25(21)32/h1-4,6,8-10,12,15,17,20-21,23-25,30H,5,7,11,13-14,16H2,(H,31,33)/t20-,21+,23+,24+,25-/m0/s1. The third kappa shape index (κ3) is 4.12. The van der Waals surface area contributed by atoms with Crippen molar-refractivity contribution < 1.29 is 9.59 Å². The van der Waals surface area contributed by atoms with Gasteiger partial charge in [-0.1, -0.05) is 49.2 Å². The van der Waals surface area contributed by atoms with Gasteiger partial charge in [-0.05, 0) is 43.0 Å². The van der Waals surface area contributed by atoms with Crippen LogP contribution in [0.15, 0.2) is 66.2 Å². The number of amides is 2. The van der Waals surface area contributed by atoms with Gasteiger partial charge in [0.1, 0.15) is 5.01 Å². The highest BCUT2D eigenvalue weighted by molar-refractivity contribution is 7.09. The molecule has 0 bridgehead atoms. The van der Waals surface area contributed by atoms with Crippen molar-refractivity contribution in [3.63, 3.8) is 0 Å². The molecule has 0 spiro atoms. The smallest absolute Gasteiger partial charge is 0.251 e. The zero-order chi connectivity index (χ0) is 23.8. The molecule has 1 aliphatic carbocycles. The van der Waals surface area contributed by atoms with E-state index < -0.39 is 0 Å². The van der Waals surface area contributed by atoms with Gasteiger partial charge in [0.15, 0.2) is 0 Å². The maximum atomic E-state index is 14.1. The zero-order valence-corrected chi connectivity index (χ0v) is 20.4. The van der Waals surface area contributed by atoms with Crippen LogP contribution in [0.5, 0.6) is 0 Å². The molecule has 2 fully saturated rings. The van der Waals surface area contributed by atoms with Gasteiger partial charge in [0, 0.05) is 41.3 Å². The molecule has 0 radical (unpaired) electrons. The largest absolute Gasteiger partial charge is 0.375 e. The number of para-hydroxylation sites is 1. The maximum Gasteiger partial charge on any atom is 0.251 e. The second kappa shape index (κ2) is 9.46. The number of benzene rings is 2. The van der Waals surface area contributed by atoms with Crippen molar-refractivity contribution in [2.24, 2.45) is 11.8 Å². The normalized spacial score (nSPS) is 27.4. The van der Waals surface area contributed by atoms with Gasteiger partial charge in [0.05, 0.1) is 18.0 Å². The molecule has 35 heavy (non-hydrogen) atoms. The van der Waals surface area contributed by atoms with Crippen LogP contribution in [0, 0.1) is 11.8 Å². The van der Waals surface area contributed by atoms with E-state index in [1.165, 1.54) is 5.56 Å². The topological polar surface area (TPSA) is 74.3 Å². The van der Waals surface area contributed by atoms with E-state index in [2.05, 4.69) is 38.7 Å². The Morgan fingerprint density at radius 2 is 1.80 bits per heavy atom. The molecule has 2 aromatic carbocycles. The fraction of sp³-hybridized carbons (Fsp3) is 0.393. The second-order valence-electron chi connectivity index (χ2n) is 9.85. The molecule has 7 heteroatoms. The van der Waals surface area contributed by atoms with Crippen molar-refractivity contribution in [2.45, 2.75) is 50.2 Å². The number of nitrogens with zero attached hydrogens (tertiary/aromatic N) is 2. The number of hydrogen-bond donors (Lipinski definition) is 2. The van der Waals surface area contributed by atoms with E-state index in [-0.39, 0.29) is 41.8 Å². The Bertz CT molecular complexity index is 1200. The summed E-state index contributed by atoms with van der Waals surface area (Å²) in [5, 5.41) is 10.0. The lowest BCUT2D eigenvalue weighted by Crippen LogP contribution is -2.50.